The van der Waals surface area contributed by atoms with E-state index in [1.165, 1.54) is 11.6 Å². The maximum Gasteiger partial charge on any atom is 0.267 e. The summed E-state index contributed by atoms with van der Waals surface area (Å²) >= 11 is 0. The standard InChI is InChI=1S/C15H18N4O/c1-19(10-9-11-5-3-2-4-6-11)15-12(16)7-8-13(18-15)14(17)20/h2-8H,9-10,16H2,1H3,(H2,17,20). The van der Waals surface area contributed by atoms with E-state index in [9.17, 15) is 4.79 Å². The number of pyridine rings is 1. The van der Waals surface area contributed by atoms with Crippen molar-refractivity contribution in [3.05, 3.63) is 53.7 Å². The van der Waals surface area contributed by atoms with Gasteiger partial charge in [-0.3, -0.25) is 4.79 Å². The molecule has 20 heavy (non-hydrogen) atoms. The minimum Gasteiger partial charge on any atom is -0.396 e. The van der Waals surface area contributed by atoms with Crippen LogP contribution in [-0.4, -0.2) is 24.5 Å². The highest BCUT2D eigenvalue weighted by molar-refractivity contribution is 5.91. The molecule has 0 aliphatic rings. The molecule has 0 aliphatic carbocycles. The normalized spacial score (nSPS) is 10.2. The second-order valence-electron chi connectivity index (χ2n) is 4.63. The minimum atomic E-state index is -0.553. The Bertz CT molecular complexity index is 598. The van der Waals surface area contributed by atoms with Crippen LogP contribution >= 0.6 is 0 Å². The number of carbonyl (C=O) groups is 1. The third-order valence-electron chi connectivity index (χ3n) is 3.10. The van der Waals surface area contributed by atoms with Crippen molar-refractivity contribution < 1.29 is 4.79 Å². The number of hydrogen-bond acceptors (Lipinski definition) is 4. The summed E-state index contributed by atoms with van der Waals surface area (Å²) in [6, 6.07) is 13.3. The molecular formula is C15H18N4O. The Labute approximate surface area is 118 Å². The van der Waals surface area contributed by atoms with Crippen molar-refractivity contribution in [2.45, 2.75) is 6.42 Å². The van der Waals surface area contributed by atoms with E-state index in [2.05, 4.69) is 17.1 Å². The average molecular weight is 270 g/mol. The van der Waals surface area contributed by atoms with E-state index >= 15 is 0 Å². The largest absolute Gasteiger partial charge is 0.396 e. The van der Waals surface area contributed by atoms with Crippen LogP contribution in [0.5, 0.6) is 0 Å². The highest BCUT2D eigenvalue weighted by atomic mass is 16.1. The van der Waals surface area contributed by atoms with Gasteiger partial charge in [-0.15, -0.1) is 0 Å². The van der Waals surface area contributed by atoms with Crippen LogP contribution in [0, 0.1) is 0 Å². The highest BCUT2D eigenvalue weighted by Crippen LogP contribution is 2.19. The summed E-state index contributed by atoms with van der Waals surface area (Å²) in [5.41, 5.74) is 13.1. The molecule has 2 aromatic rings. The summed E-state index contributed by atoms with van der Waals surface area (Å²) < 4.78 is 0. The van der Waals surface area contributed by atoms with E-state index < -0.39 is 5.91 Å². The molecule has 0 saturated carbocycles. The lowest BCUT2D eigenvalue weighted by atomic mass is 10.1. The van der Waals surface area contributed by atoms with Gasteiger partial charge in [0.05, 0.1) is 5.69 Å². The second kappa shape index (κ2) is 6.06. The van der Waals surface area contributed by atoms with Gasteiger partial charge in [0, 0.05) is 13.6 Å². The number of nitrogen functional groups attached to an aromatic ring is 1. The smallest absolute Gasteiger partial charge is 0.267 e. The molecular weight excluding hydrogens is 252 g/mol. The molecule has 0 radical (unpaired) electrons. The van der Waals surface area contributed by atoms with Crippen molar-refractivity contribution >= 4 is 17.4 Å². The van der Waals surface area contributed by atoms with Crippen molar-refractivity contribution in [3.8, 4) is 0 Å². The Morgan fingerprint density at radius 2 is 1.90 bits per heavy atom. The molecule has 0 aliphatic heterocycles. The second-order valence-corrected chi connectivity index (χ2v) is 4.63. The topological polar surface area (TPSA) is 85.2 Å². The Kier molecular flexibility index (Phi) is 4.20. The van der Waals surface area contributed by atoms with Gasteiger partial charge in [0.2, 0.25) is 0 Å². The van der Waals surface area contributed by atoms with Crippen LogP contribution in [0.15, 0.2) is 42.5 Å². The summed E-state index contributed by atoms with van der Waals surface area (Å²) in [6.07, 6.45) is 0.874. The van der Waals surface area contributed by atoms with Gasteiger partial charge in [-0.1, -0.05) is 30.3 Å². The van der Waals surface area contributed by atoms with Crippen LogP contribution in [-0.2, 0) is 6.42 Å². The van der Waals surface area contributed by atoms with Crippen LogP contribution in [0.1, 0.15) is 16.1 Å². The van der Waals surface area contributed by atoms with E-state index in [0.717, 1.165) is 13.0 Å². The number of hydrogen-bond donors (Lipinski definition) is 2. The van der Waals surface area contributed by atoms with Crippen molar-refractivity contribution in [1.29, 1.82) is 0 Å². The third-order valence-corrected chi connectivity index (χ3v) is 3.10. The number of likely N-dealkylation sites (N-methyl/N-ethyl adjacent to an activating group) is 1. The summed E-state index contributed by atoms with van der Waals surface area (Å²) in [5.74, 6) is 0.0277. The van der Waals surface area contributed by atoms with Gasteiger partial charge >= 0.3 is 0 Å². The van der Waals surface area contributed by atoms with E-state index in [1.807, 2.05) is 30.1 Å². The molecule has 5 nitrogen and oxygen atoms in total. The third kappa shape index (κ3) is 3.26. The lowest BCUT2D eigenvalue weighted by molar-refractivity contribution is 0.0995. The number of carbonyl (C=O) groups excluding carboxylic acids is 1. The van der Waals surface area contributed by atoms with E-state index in [1.54, 1.807) is 6.07 Å². The van der Waals surface area contributed by atoms with Gasteiger partial charge in [0.1, 0.15) is 5.69 Å². The highest BCUT2D eigenvalue weighted by Gasteiger charge is 2.11. The van der Waals surface area contributed by atoms with E-state index in [4.69, 9.17) is 11.5 Å². The van der Waals surface area contributed by atoms with Crippen molar-refractivity contribution in [2.24, 2.45) is 5.73 Å². The number of benzene rings is 1. The first-order valence-electron chi connectivity index (χ1n) is 6.39. The maximum atomic E-state index is 11.2. The molecule has 0 bridgehead atoms. The number of amides is 1. The van der Waals surface area contributed by atoms with Crippen LogP contribution < -0.4 is 16.4 Å². The minimum absolute atomic E-state index is 0.223. The van der Waals surface area contributed by atoms with Crippen LogP contribution in [0.3, 0.4) is 0 Å². The molecule has 0 fully saturated rings. The molecule has 1 aromatic heterocycles. The maximum absolute atomic E-state index is 11.2. The van der Waals surface area contributed by atoms with Crippen LogP contribution in [0.2, 0.25) is 0 Å². The molecule has 1 aromatic carbocycles. The number of nitrogens with zero attached hydrogens (tertiary/aromatic N) is 2. The summed E-state index contributed by atoms with van der Waals surface area (Å²) in [7, 11) is 1.90. The van der Waals surface area contributed by atoms with Gasteiger partial charge in [-0.05, 0) is 24.1 Å². The van der Waals surface area contributed by atoms with Gasteiger partial charge in [0.15, 0.2) is 5.82 Å². The van der Waals surface area contributed by atoms with Gasteiger partial charge in [-0.2, -0.15) is 0 Å². The molecule has 1 heterocycles. The Balaban J connectivity index is 2.10. The zero-order chi connectivity index (χ0) is 14.5. The fourth-order valence-electron chi connectivity index (χ4n) is 1.95. The number of anilines is 2. The molecule has 2 rings (SSSR count). The molecule has 1 amide bonds. The SMILES string of the molecule is CN(CCc1ccccc1)c1nc(C(N)=O)ccc1N. The van der Waals surface area contributed by atoms with Crippen molar-refractivity contribution in [2.75, 3.05) is 24.2 Å². The fraction of sp³-hybridized carbons (Fsp3) is 0.200. The number of primary amides is 1. The van der Waals surface area contributed by atoms with Gasteiger partial charge < -0.3 is 16.4 Å². The molecule has 5 heteroatoms. The predicted molar refractivity (Wildman–Crippen MR) is 80.6 cm³/mol. The van der Waals surface area contributed by atoms with E-state index in [0.29, 0.717) is 11.5 Å². The lowest BCUT2D eigenvalue weighted by Crippen LogP contribution is -2.24. The first kappa shape index (κ1) is 13.9. The summed E-state index contributed by atoms with van der Waals surface area (Å²) in [6.45, 7) is 0.753. The number of aromatic nitrogens is 1. The Hall–Kier alpha value is -2.56. The lowest BCUT2D eigenvalue weighted by Gasteiger charge is -2.20. The van der Waals surface area contributed by atoms with Gasteiger partial charge in [0.25, 0.3) is 5.91 Å². The summed E-state index contributed by atoms with van der Waals surface area (Å²) in [5, 5.41) is 0. The fourth-order valence-corrected chi connectivity index (χ4v) is 1.95. The van der Waals surface area contributed by atoms with E-state index in [-0.39, 0.29) is 5.69 Å². The average Bonchev–Trinajstić information content (AvgIpc) is 2.46. The molecule has 0 spiro atoms. The first-order chi connectivity index (χ1) is 9.58. The first-order valence-corrected chi connectivity index (χ1v) is 6.39. The molecule has 0 atom stereocenters. The van der Waals surface area contributed by atoms with Crippen molar-refractivity contribution in [3.63, 3.8) is 0 Å². The molecule has 0 saturated heterocycles. The summed E-state index contributed by atoms with van der Waals surface area (Å²) in [4.78, 5) is 17.3. The predicted octanol–water partition coefficient (Wildman–Crippen LogP) is 1.44. The zero-order valence-electron chi connectivity index (χ0n) is 11.4. The number of rotatable bonds is 5. The molecule has 4 N–H and O–H groups in total. The molecule has 104 valence electrons. The monoisotopic (exact) mass is 270 g/mol. The van der Waals surface area contributed by atoms with Gasteiger partial charge in [-0.25, -0.2) is 4.98 Å². The molecule has 0 unspecified atom stereocenters. The Morgan fingerprint density at radius 3 is 2.55 bits per heavy atom. The Morgan fingerprint density at radius 1 is 1.20 bits per heavy atom. The quantitative estimate of drug-likeness (QED) is 0.861. The van der Waals surface area contributed by atoms with Crippen molar-refractivity contribution in [1.82, 2.24) is 4.98 Å². The zero-order valence-corrected chi connectivity index (χ0v) is 11.4. The van der Waals surface area contributed by atoms with Crippen LogP contribution in [0.4, 0.5) is 11.5 Å². The van der Waals surface area contributed by atoms with Crippen LogP contribution in [0.25, 0.3) is 0 Å². The number of nitrogens with two attached hydrogens (primary N) is 2.